The number of nitrogens with zero attached hydrogens (tertiary/aromatic N) is 1. The van der Waals surface area contributed by atoms with Crippen LogP contribution in [0, 0.1) is 0 Å². The van der Waals surface area contributed by atoms with Gasteiger partial charge in [-0.05, 0) is 35.9 Å². The second kappa shape index (κ2) is 7.35. The van der Waals surface area contributed by atoms with Gasteiger partial charge in [0.2, 0.25) is 0 Å². The molecule has 0 saturated carbocycles. The number of benzene rings is 2. The van der Waals surface area contributed by atoms with Crippen molar-refractivity contribution in [2.75, 3.05) is 5.73 Å². The van der Waals surface area contributed by atoms with E-state index < -0.39 is 6.36 Å². The normalized spacial score (nSPS) is 11.2. The van der Waals surface area contributed by atoms with Gasteiger partial charge in [-0.2, -0.15) is 0 Å². The molecule has 0 radical (unpaired) electrons. The highest BCUT2D eigenvalue weighted by Gasteiger charge is 2.30. The third-order valence-electron chi connectivity index (χ3n) is 3.52. The molecule has 2 N–H and O–H groups in total. The summed E-state index contributed by atoms with van der Waals surface area (Å²) >= 11 is 0. The van der Waals surface area contributed by atoms with Crippen molar-refractivity contribution in [3.05, 3.63) is 72.4 Å². The highest BCUT2D eigenvalue weighted by molar-refractivity contribution is 5.66. The summed E-state index contributed by atoms with van der Waals surface area (Å²) in [5, 5.41) is 0. The molecule has 0 aliphatic rings. The standard InChI is InChI=1S/C19H15F3N2O2/c20-19(21,22)26-15-8-6-14(7-9-15)17-10-16(23)18(11-24-17)25-12-13-4-2-1-3-5-13/h1-11H,12H2,(H2,23,24). The summed E-state index contributed by atoms with van der Waals surface area (Å²) in [5.74, 6) is 0.145. The molecule has 0 amide bonds. The van der Waals surface area contributed by atoms with Crippen LogP contribution in [0.1, 0.15) is 5.56 Å². The highest BCUT2D eigenvalue weighted by atomic mass is 19.4. The van der Waals surface area contributed by atoms with Gasteiger partial charge in [-0.3, -0.25) is 4.98 Å². The van der Waals surface area contributed by atoms with Gasteiger partial charge >= 0.3 is 6.36 Å². The Morgan fingerprint density at radius 1 is 0.962 bits per heavy atom. The molecular formula is C19H15F3N2O2. The van der Waals surface area contributed by atoms with Crippen molar-refractivity contribution in [3.63, 3.8) is 0 Å². The molecule has 0 atom stereocenters. The maximum Gasteiger partial charge on any atom is 0.573 e. The zero-order valence-electron chi connectivity index (χ0n) is 13.5. The van der Waals surface area contributed by atoms with Crippen molar-refractivity contribution < 1.29 is 22.6 Å². The van der Waals surface area contributed by atoms with E-state index in [1.807, 2.05) is 30.3 Å². The lowest BCUT2D eigenvalue weighted by molar-refractivity contribution is -0.274. The molecule has 1 heterocycles. The first kappa shape index (κ1) is 17.6. The minimum atomic E-state index is -4.72. The summed E-state index contributed by atoms with van der Waals surface area (Å²) in [7, 11) is 0. The second-order valence-corrected chi connectivity index (χ2v) is 5.45. The molecule has 0 fully saturated rings. The topological polar surface area (TPSA) is 57.4 Å². The van der Waals surface area contributed by atoms with Crippen molar-refractivity contribution in [2.24, 2.45) is 0 Å². The maximum absolute atomic E-state index is 12.2. The van der Waals surface area contributed by atoms with Crippen molar-refractivity contribution in [1.82, 2.24) is 4.98 Å². The molecule has 134 valence electrons. The number of pyridine rings is 1. The number of hydrogen-bond donors (Lipinski definition) is 1. The highest BCUT2D eigenvalue weighted by Crippen LogP contribution is 2.29. The van der Waals surface area contributed by atoms with Crippen molar-refractivity contribution in [1.29, 1.82) is 0 Å². The molecule has 3 rings (SSSR count). The quantitative estimate of drug-likeness (QED) is 0.709. The Hall–Kier alpha value is -3.22. The number of nitrogens with two attached hydrogens (primary N) is 1. The van der Waals surface area contributed by atoms with E-state index >= 15 is 0 Å². The van der Waals surface area contributed by atoms with E-state index in [1.165, 1.54) is 30.5 Å². The van der Waals surface area contributed by atoms with Crippen molar-refractivity contribution >= 4 is 5.69 Å². The van der Waals surface area contributed by atoms with Crippen LogP contribution in [-0.2, 0) is 6.61 Å². The lowest BCUT2D eigenvalue weighted by Crippen LogP contribution is -2.16. The van der Waals surface area contributed by atoms with Crippen LogP contribution in [0.25, 0.3) is 11.3 Å². The summed E-state index contributed by atoms with van der Waals surface area (Å²) in [4.78, 5) is 4.26. The van der Waals surface area contributed by atoms with Gasteiger partial charge < -0.3 is 15.2 Å². The number of aromatic nitrogens is 1. The fourth-order valence-corrected chi connectivity index (χ4v) is 2.30. The van der Waals surface area contributed by atoms with Crippen LogP contribution in [0.2, 0.25) is 0 Å². The Morgan fingerprint density at radius 2 is 1.65 bits per heavy atom. The number of hydrogen-bond acceptors (Lipinski definition) is 4. The Morgan fingerprint density at radius 3 is 2.27 bits per heavy atom. The van der Waals surface area contributed by atoms with Crippen LogP contribution < -0.4 is 15.2 Å². The van der Waals surface area contributed by atoms with Crippen LogP contribution in [0.5, 0.6) is 11.5 Å². The first-order valence-electron chi connectivity index (χ1n) is 7.69. The molecule has 1 aromatic heterocycles. The largest absolute Gasteiger partial charge is 0.573 e. The molecule has 2 aromatic carbocycles. The molecule has 4 nitrogen and oxygen atoms in total. The molecule has 0 aliphatic carbocycles. The summed E-state index contributed by atoms with van der Waals surface area (Å²) < 4.78 is 46.1. The number of halogens is 3. The smallest absolute Gasteiger partial charge is 0.485 e. The van der Waals surface area contributed by atoms with Crippen LogP contribution in [0.4, 0.5) is 18.9 Å². The van der Waals surface area contributed by atoms with Gasteiger partial charge in [-0.1, -0.05) is 30.3 Å². The first-order valence-corrected chi connectivity index (χ1v) is 7.69. The number of ether oxygens (including phenoxy) is 2. The predicted molar refractivity (Wildman–Crippen MR) is 91.5 cm³/mol. The van der Waals surface area contributed by atoms with Gasteiger partial charge in [0.25, 0.3) is 0 Å². The summed E-state index contributed by atoms with van der Waals surface area (Å²) in [6.45, 7) is 0.357. The molecular weight excluding hydrogens is 345 g/mol. The zero-order chi connectivity index (χ0) is 18.6. The van der Waals surface area contributed by atoms with Crippen molar-refractivity contribution in [2.45, 2.75) is 13.0 Å². The van der Waals surface area contributed by atoms with E-state index in [1.54, 1.807) is 6.07 Å². The molecule has 26 heavy (non-hydrogen) atoms. The number of anilines is 1. The Balaban J connectivity index is 1.70. The molecule has 7 heteroatoms. The molecule has 3 aromatic rings. The third kappa shape index (κ3) is 4.66. The monoisotopic (exact) mass is 360 g/mol. The second-order valence-electron chi connectivity index (χ2n) is 5.45. The van der Waals surface area contributed by atoms with E-state index in [9.17, 15) is 13.2 Å². The van der Waals surface area contributed by atoms with Gasteiger partial charge in [0.05, 0.1) is 17.6 Å². The third-order valence-corrected chi connectivity index (χ3v) is 3.52. The molecule has 0 unspecified atom stereocenters. The van der Waals surface area contributed by atoms with E-state index in [0.717, 1.165) is 5.56 Å². The molecule has 0 saturated heterocycles. The van der Waals surface area contributed by atoms with Crippen LogP contribution in [0.15, 0.2) is 66.9 Å². The fourth-order valence-electron chi connectivity index (χ4n) is 2.30. The van der Waals surface area contributed by atoms with Crippen LogP contribution in [-0.4, -0.2) is 11.3 Å². The van der Waals surface area contributed by atoms with Gasteiger partial charge in [0.1, 0.15) is 12.4 Å². The Bertz CT molecular complexity index is 866. The summed E-state index contributed by atoms with van der Waals surface area (Å²) in [6.07, 6.45) is -3.23. The SMILES string of the molecule is Nc1cc(-c2ccc(OC(F)(F)F)cc2)ncc1OCc1ccccc1. The van der Waals surface area contributed by atoms with E-state index in [0.29, 0.717) is 29.3 Å². The van der Waals surface area contributed by atoms with E-state index in [-0.39, 0.29) is 5.75 Å². The molecule has 0 spiro atoms. The molecule has 0 bridgehead atoms. The minimum Gasteiger partial charge on any atom is -0.485 e. The van der Waals surface area contributed by atoms with Crippen LogP contribution >= 0.6 is 0 Å². The number of rotatable bonds is 5. The average Bonchev–Trinajstić information content (AvgIpc) is 2.61. The van der Waals surface area contributed by atoms with Gasteiger partial charge in [-0.25, -0.2) is 0 Å². The Labute approximate surface area is 148 Å². The van der Waals surface area contributed by atoms with Crippen molar-refractivity contribution in [3.8, 4) is 22.8 Å². The van der Waals surface area contributed by atoms with Gasteiger partial charge in [0, 0.05) is 5.56 Å². The number of nitrogen functional groups attached to an aromatic ring is 1. The van der Waals surface area contributed by atoms with Crippen LogP contribution in [0.3, 0.4) is 0 Å². The minimum absolute atomic E-state index is 0.294. The molecule has 0 aliphatic heterocycles. The zero-order valence-corrected chi connectivity index (χ0v) is 13.5. The predicted octanol–water partition coefficient (Wildman–Crippen LogP) is 4.81. The fraction of sp³-hybridized carbons (Fsp3) is 0.105. The number of alkyl halides is 3. The first-order chi connectivity index (χ1) is 12.4. The van der Waals surface area contributed by atoms with E-state index in [4.69, 9.17) is 10.5 Å². The average molecular weight is 360 g/mol. The maximum atomic E-state index is 12.2. The van der Waals surface area contributed by atoms with Gasteiger partial charge in [0.15, 0.2) is 5.75 Å². The summed E-state index contributed by atoms with van der Waals surface area (Å²) in [5.41, 5.74) is 8.52. The van der Waals surface area contributed by atoms with Gasteiger partial charge in [-0.15, -0.1) is 13.2 Å². The lowest BCUT2D eigenvalue weighted by atomic mass is 10.1. The van der Waals surface area contributed by atoms with E-state index in [2.05, 4.69) is 9.72 Å². The lowest BCUT2D eigenvalue weighted by Gasteiger charge is -2.11. The summed E-state index contributed by atoms with van der Waals surface area (Å²) in [6, 6.07) is 16.6. The Kier molecular flexibility index (Phi) is 4.97.